The highest BCUT2D eigenvalue weighted by molar-refractivity contribution is 9.11. The van der Waals surface area contributed by atoms with E-state index < -0.39 is 72.2 Å². The number of hydrogen-bond acceptors (Lipinski definition) is 9. The maximum atomic E-state index is 15.1. The van der Waals surface area contributed by atoms with Crippen molar-refractivity contribution in [3.63, 3.8) is 0 Å². The molecule has 278 valence electrons. The summed E-state index contributed by atoms with van der Waals surface area (Å²) in [6, 6.07) is 14.0. The van der Waals surface area contributed by atoms with Crippen LogP contribution in [0.2, 0.25) is 0 Å². The number of hydrogen-bond donors (Lipinski definition) is 2. The summed E-state index contributed by atoms with van der Waals surface area (Å²) < 4.78 is 19.0. The molecule has 0 saturated carbocycles. The fourth-order valence-electron chi connectivity index (χ4n) is 8.07. The molecule has 2 aromatic rings. The SMILES string of the molecule is CCN(CC)c1ccc(N2C/C=C\CCC(=O)N[C@H](COC)[C@@H](c3ccccc3)OC(=O)[C@@H]3[C@H]4O[C@@]5(C=C4Br)[C@H](C2=O)N([C@H](C)CO)C(=O)[C@@H]35)cc1. The zero-order chi connectivity index (χ0) is 37.2. The Hall–Kier alpha value is -4.04. The number of nitrogens with one attached hydrogen (secondary N) is 1. The number of likely N-dealkylation sites (tertiary alicyclic amines) is 1. The van der Waals surface area contributed by atoms with Crippen LogP contribution in [-0.2, 0) is 33.4 Å². The van der Waals surface area contributed by atoms with Crippen molar-refractivity contribution in [2.24, 2.45) is 11.8 Å². The van der Waals surface area contributed by atoms with Crippen LogP contribution in [0.1, 0.15) is 45.3 Å². The second-order valence-corrected chi connectivity index (χ2v) is 14.6. The van der Waals surface area contributed by atoms with Gasteiger partial charge in [-0.05, 0) is 63.1 Å². The van der Waals surface area contributed by atoms with Crippen LogP contribution in [0.25, 0.3) is 0 Å². The lowest BCUT2D eigenvalue weighted by atomic mass is 9.74. The third-order valence-corrected chi connectivity index (χ3v) is 11.3. The molecule has 2 aromatic carbocycles. The summed E-state index contributed by atoms with van der Waals surface area (Å²) in [4.78, 5) is 62.7. The number of rotatable bonds is 9. The summed E-state index contributed by atoms with van der Waals surface area (Å²) in [5, 5.41) is 13.4. The minimum Gasteiger partial charge on any atom is -0.455 e. The standard InChI is InChI=1S/C39H47BrN4O8/c1-5-42(6-2)26-16-18-27(19-17-26)43-20-12-8-11-15-30(46)41-29(23-50-4)33(25-13-9-7-10-14-25)51-38(49)31-32-36(47)44(24(3)22-45)35(37(43)48)39(32)21-28(40)34(31)52-39/h7-10,12-14,16-19,21,24,29,31-35,45H,5-6,11,15,20,22-23H2,1-4H3,(H,41,46)/b12-8-/t24-,29-,31+,32-,33-,34+,35+,39-/m1/s1. The summed E-state index contributed by atoms with van der Waals surface area (Å²) in [5.74, 6) is -4.11. The quantitative estimate of drug-likeness (QED) is 0.287. The number of methoxy groups -OCH3 is 1. The third kappa shape index (κ3) is 6.79. The molecule has 5 bridgehead atoms. The molecule has 0 radical (unpaired) electrons. The largest absolute Gasteiger partial charge is 0.455 e. The predicted molar refractivity (Wildman–Crippen MR) is 199 cm³/mol. The fourth-order valence-corrected chi connectivity index (χ4v) is 8.81. The van der Waals surface area contributed by atoms with E-state index in [1.807, 2.05) is 54.6 Å². The van der Waals surface area contributed by atoms with Gasteiger partial charge in [-0.1, -0.05) is 58.4 Å². The Morgan fingerprint density at radius 3 is 2.38 bits per heavy atom. The number of cyclic esters (lactones) is 1. The van der Waals surface area contributed by atoms with E-state index in [-0.39, 0.29) is 25.5 Å². The summed E-state index contributed by atoms with van der Waals surface area (Å²) in [6.07, 6.45) is 4.11. The van der Waals surface area contributed by atoms with Crippen LogP contribution in [0, 0.1) is 11.8 Å². The molecule has 52 heavy (non-hydrogen) atoms. The first-order valence-corrected chi connectivity index (χ1v) is 18.7. The van der Waals surface area contributed by atoms with Gasteiger partial charge in [0.25, 0.3) is 5.91 Å². The number of fused-ring (bicyclic) bond motifs is 2. The highest BCUT2D eigenvalue weighted by Crippen LogP contribution is 2.59. The summed E-state index contributed by atoms with van der Waals surface area (Å²) in [6.45, 7) is 7.25. The molecule has 0 unspecified atom stereocenters. The molecule has 4 aliphatic rings. The van der Waals surface area contributed by atoms with Gasteiger partial charge in [-0.25, -0.2) is 0 Å². The number of aliphatic hydroxyl groups is 1. The zero-order valence-electron chi connectivity index (χ0n) is 29.9. The molecule has 12 nitrogen and oxygen atoms in total. The Kier molecular flexibility index (Phi) is 11.5. The molecule has 8 atom stereocenters. The van der Waals surface area contributed by atoms with E-state index in [4.69, 9.17) is 14.2 Å². The van der Waals surface area contributed by atoms with E-state index in [0.717, 1.165) is 18.8 Å². The van der Waals surface area contributed by atoms with E-state index in [9.17, 15) is 19.5 Å². The van der Waals surface area contributed by atoms with Crippen LogP contribution in [0.5, 0.6) is 0 Å². The molecular formula is C39H47BrN4O8. The lowest BCUT2D eigenvalue weighted by Crippen LogP contribution is -2.58. The highest BCUT2D eigenvalue weighted by Gasteiger charge is 2.75. The van der Waals surface area contributed by atoms with Gasteiger partial charge < -0.3 is 39.3 Å². The van der Waals surface area contributed by atoms with Gasteiger partial charge in [0.1, 0.15) is 29.8 Å². The van der Waals surface area contributed by atoms with Gasteiger partial charge >= 0.3 is 5.97 Å². The van der Waals surface area contributed by atoms with E-state index in [1.54, 1.807) is 30.0 Å². The van der Waals surface area contributed by atoms with Crippen LogP contribution in [-0.4, -0.2) is 103 Å². The average Bonchev–Trinajstić information content (AvgIpc) is 3.75. The Morgan fingerprint density at radius 2 is 1.73 bits per heavy atom. The van der Waals surface area contributed by atoms with E-state index in [0.29, 0.717) is 22.2 Å². The van der Waals surface area contributed by atoms with E-state index >= 15 is 4.79 Å². The number of nitrogens with zero attached hydrogens (tertiary/aromatic N) is 3. The highest BCUT2D eigenvalue weighted by atomic mass is 79.9. The van der Waals surface area contributed by atoms with Crippen LogP contribution in [0.3, 0.4) is 0 Å². The number of anilines is 2. The number of ether oxygens (including phenoxy) is 3. The van der Waals surface area contributed by atoms with Crippen LogP contribution in [0.4, 0.5) is 11.4 Å². The fraction of sp³-hybridized carbons (Fsp3) is 0.487. The predicted octanol–water partition coefficient (Wildman–Crippen LogP) is 3.89. The lowest BCUT2D eigenvalue weighted by molar-refractivity contribution is -0.162. The molecule has 2 saturated heterocycles. The maximum Gasteiger partial charge on any atom is 0.313 e. The van der Waals surface area contributed by atoms with Gasteiger partial charge in [-0.2, -0.15) is 0 Å². The Bertz CT molecular complexity index is 1700. The van der Waals surface area contributed by atoms with Crippen molar-refractivity contribution in [1.29, 1.82) is 0 Å². The molecular weight excluding hydrogens is 732 g/mol. The Labute approximate surface area is 312 Å². The van der Waals surface area contributed by atoms with Crippen molar-refractivity contribution in [2.75, 3.05) is 49.8 Å². The summed E-state index contributed by atoms with van der Waals surface area (Å²) in [7, 11) is 1.50. The van der Waals surface area contributed by atoms with Crippen molar-refractivity contribution >= 4 is 51.0 Å². The smallest absolute Gasteiger partial charge is 0.313 e. The molecule has 13 heteroatoms. The van der Waals surface area contributed by atoms with Crippen molar-refractivity contribution in [3.05, 3.63) is 82.9 Å². The number of halogens is 1. The van der Waals surface area contributed by atoms with Gasteiger partial charge in [-0.3, -0.25) is 19.2 Å². The summed E-state index contributed by atoms with van der Waals surface area (Å²) in [5.41, 5.74) is 0.716. The van der Waals surface area contributed by atoms with Crippen molar-refractivity contribution in [2.45, 2.75) is 69.5 Å². The first-order chi connectivity index (χ1) is 25.1. The van der Waals surface area contributed by atoms with E-state index in [2.05, 4.69) is 40.0 Å². The van der Waals surface area contributed by atoms with E-state index in [1.165, 1.54) is 12.0 Å². The number of amides is 3. The summed E-state index contributed by atoms with van der Waals surface area (Å²) >= 11 is 3.60. The molecule has 0 aromatic heterocycles. The Balaban J connectivity index is 1.47. The molecule has 0 aliphatic carbocycles. The van der Waals surface area contributed by atoms with Gasteiger partial charge in [0.15, 0.2) is 0 Å². The molecule has 6 rings (SSSR count). The molecule has 1 spiro atoms. The topological polar surface area (TPSA) is 138 Å². The first-order valence-electron chi connectivity index (χ1n) is 17.9. The van der Waals surface area contributed by atoms with Crippen LogP contribution >= 0.6 is 15.9 Å². The second-order valence-electron chi connectivity index (χ2n) is 13.6. The normalized spacial score (nSPS) is 30.5. The van der Waals surface area contributed by atoms with Gasteiger partial charge in [0.2, 0.25) is 11.8 Å². The minimum absolute atomic E-state index is 0.0509. The first kappa shape index (κ1) is 37.7. The molecule has 2 fully saturated rings. The average molecular weight is 780 g/mol. The van der Waals surface area contributed by atoms with Gasteiger partial charge in [-0.15, -0.1) is 0 Å². The maximum absolute atomic E-state index is 15.1. The zero-order valence-corrected chi connectivity index (χ0v) is 31.5. The Morgan fingerprint density at radius 1 is 1.02 bits per heavy atom. The third-order valence-electron chi connectivity index (χ3n) is 10.6. The molecule has 4 heterocycles. The number of carbonyl (C=O) groups excluding carboxylic acids is 4. The van der Waals surface area contributed by atoms with Crippen LogP contribution in [0.15, 0.2) is 77.3 Å². The second kappa shape index (κ2) is 15.9. The van der Waals surface area contributed by atoms with Gasteiger partial charge in [0.05, 0.1) is 31.2 Å². The molecule has 4 aliphatic heterocycles. The molecule has 2 N–H and O–H groups in total. The van der Waals surface area contributed by atoms with Crippen molar-refractivity contribution in [3.8, 4) is 0 Å². The number of aliphatic hydroxyl groups excluding tert-OH is 1. The lowest BCUT2D eigenvalue weighted by Gasteiger charge is -2.37. The van der Waals surface area contributed by atoms with Gasteiger partial charge in [0, 0.05) is 49.0 Å². The number of allylic oxidation sites excluding steroid dienone is 1. The monoisotopic (exact) mass is 778 g/mol. The minimum atomic E-state index is -1.52. The molecule has 3 amide bonds. The number of benzene rings is 2. The van der Waals surface area contributed by atoms with Crippen molar-refractivity contribution in [1.82, 2.24) is 10.2 Å². The number of carbonyl (C=O) groups is 4. The number of esters is 1. The van der Waals surface area contributed by atoms with Crippen molar-refractivity contribution < 1.29 is 38.5 Å². The van der Waals surface area contributed by atoms with Crippen LogP contribution < -0.4 is 15.1 Å².